The number of terminal acetylenes is 1. The Labute approximate surface area is 61.8 Å². The first-order valence-corrected chi connectivity index (χ1v) is 3.22. The van der Waals surface area contributed by atoms with Gasteiger partial charge in [0.25, 0.3) is 0 Å². The number of nitrogens with one attached hydrogen (secondary N) is 1. The number of halogens is 1. The highest BCUT2D eigenvalue weighted by Gasteiger charge is 2.01. The van der Waals surface area contributed by atoms with Crippen LogP contribution in [0, 0.1) is 19.3 Å². The molecule has 0 aliphatic heterocycles. The fraction of sp³-hybridized carbons (Fsp3) is 0.167. The number of rotatable bonds is 0. The number of aromatic nitrogens is 2. The van der Waals surface area contributed by atoms with Gasteiger partial charge in [-0.1, -0.05) is 0 Å². The van der Waals surface area contributed by atoms with Gasteiger partial charge in [0.05, 0.1) is 4.47 Å². The van der Waals surface area contributed by atoms with Crippen LogP contribution in [0.5, 0.6) is 0 Å². The quantitative estimate of drug-likeness (QED) is 0.609. The third-order valence-electron chi connectivity index (χ3n) is 1.01. The lowest BCUT2D eigenvalue weighted by Crippen LogP contribution is -1.71. The number of aryl methyl sites for hydroxylation is 1. The first-order chi connectivity index (χ1) is 4.25. The smallest absolute Gasteiger partial charge is 0.149 e. The van der Waals surface area contributed by atoms with Crippen molar-refractivity contribution in [3.63, 3.8) is 0 Å². The second-order valence-corrected chi connectivity index (χ2v) is 2.45. The van der Waals surface area contributed by atoms with Gasteiger partial charge in [0.1, 0.15) is 5.69 Å². The van der Waals surface area contributed by atoms with Crippen molar-refractivity contribution in [3.05, 3.63) is 15.9 Å². The summed E-state index contributed by atoms with van der Waals surface area (Å²) in [5.41, 5.74) is 1.59. The lowest BCUT2D eigenvalue weighted by atomic mass is 10.4. The first kappa shape index (κ1) is 6.37. The average molecular weight is 185 g/mol. The molecular formula is C6H5BrN2. The zero-order chi connectivity index (χ0) is 6.85. The molecule has 0 aliphatic carbocycles. The van der Waals surface area contributed by atoms with E-state index < -0.39 is 0 Å². The lowest BCUT2D eigenvalue weighted by molar-refractivity contribution is 1.04. The van der Waals surface area contributed by atoms with Crippen LogP contribution in [-0.2, 0) is 0 Å². The molecule has 0 aliphatic rings. The van der Waals surface area contributed by atoms with E-state index in [-0.39, 0.29) is 0 Å². The molecule has 0 atom stereocenters. The van der Waals surface area contributed by atoms with Gasteiger partial charge < -0.3 is 0 Å². The Balaban J connectivity index is 3.24. The standard InChI is InChI=1S/C6H5BrN2/c1-3-5-6(7)4(2)8-9-5/h1H,2H3,(H,8,9). The van der Waals surface area contributed by atoms with Gasteiger partial charge in [-0.15, -0.1) is 6.42 Å². The van der Waals surface area contributed by atoms with Crippen LogP contribution in [0.3, 0.4) is 0 Å². The number of hydrogen-bond acceptors (Lipinski definition) is 1. The Morgan fingerprint density at radius 3 is 2.67 bits per heavy atom. The summed E-state index contributed by atoms with van der Waals surface area (Å²) in [7, 11) is 0. The second-order valence-electron chi connectivity index (χ2n) is 1.66. The molecule has 3 heteroatoms. The van der Waals surface area contributed by atoms with E-state index in [0.717, 1.165) is 10.2 Å². The molecule has 2 nitrogen and oxygen atoms in total. The molecule has 1 aromatic heterocycles. The molecule has 0 unspecified atom stereocenters. The number of nitrogens with zero attached hydrogens (tertiary/aromatic N) is 1. The van der Waals surface area contributed by atoms with E-state index in [1.807, 2.05) is 6.92 Å². The molecule has 0 fully saturated rings. The fourth-order valence-corrected chi connectivity index (χ4v) is 0.803. The molecule has 1 N–H and O–H groups in total. The molecule has 1 rings (SSSR count). The van der Waals surface area contributed by atoms with Gasteiger partial charge in [-0.05, 0) is 28.8 Å². The summed E-state index contributed by atoms with van der Waals surface area (Å²) in [5.74, 6) is 2.43. The molecule has 0 spiro atoms. The van der Waals surface area contributed by atoms with Crippen molar-refractivity contribution in [3.8, 4) is 12.3 Å². The predicted molar refractivity (Wildman–Crippen MR) is 39.0 cm³/mol. The van der Waals surface area contributed by atoms with Gasteiger partial charge in [0.2, 0.25) is 0 Å². The van der Waals surface area contributed by atoms with E-state index in [4.69, 9.17) is 6.42 Å². The minimum Gasteiger partial charge on any atom is -0.280 e. The van der Waals surface area contributed by atoms with Crippen molar-refractivity contribution < 1.29 is 0 Å². The van der Waals surface area contributed by atoms with Crippen molar-refractivity contribution in [2.45, 2.75) is 6.92 Å². The molecule has 0 radical (unpaired) electrons. The summed E-state index contributed by atoms with van der Waals surface area (Å²) in [6.07, 6.45) is 5.10. The van der Waals surface area contributed by atoms with Crippen LogP contribution in [0.1, 0.15) is 11.4 Å². The van der Waals surface area contributed by atoms with Gasteiger partial charge in [-0.2, -0.15) is 5.10 Å². The summed E-state index contributed by atoms with van der Waals surface area (Å²) >= 11 is 3.27. The Hall–Kier alpha value is -0.750. The van der Waals surface area contributed by atoms with Crippen molar-refractivity contribution in [1.29, 1.82) is 0 Å². The Bertz CT molecular complexity index is 257. The number of H-pyrrole nitrogens is 1. The van der Waals surface area contributed by atoms with Crippen LogP contribution in [0.25, 0.3) is 0 Å². The van der Waals surface area contributed by atoms with Crippen LogP contribution >= 0.6 is 15.9 Å². The van der Waals surface area contributed by atoms with Gasteiger partial charge >= 0.3 is 0 Å². The summed E-state index contributed by atoms with van der Waals surface area (Å²) in [4.78, 5) is 0. The van der Waals surface area contributed by atoms with E-state index in [1.54, 1.807) is 0 Å². The molecular weight excluding hydrogens is 180 g/mol. The largest absolute Gasteiger partial charge is 0.280 e. The van der Waals surface area contributed by atoms with Crippen LogP contribution in [0.2, 0.25) is 0 Å². The molecule has 46 valence electrons. The summed E-state index contributed by atoms with van der Waals surface area (Å²) < 4.78 is 0.880. The molecule has 0 saturated carbocycles. The SMILES string of the molecule is C#Cc1n[nH]c(C)c1Br. The molecule has 1 aromatic rings. The van der Waals surface area contributed by atoms with E-state index in [0.29, 0.717) is 5.69 Å². The van der Waals surface area contributed by atoms with Crippen LogP contribution in [0.4, 0.5) is 0 Å². The Morgan fingerprint density at radius 1 is 1.78 bits per heavy atom. The van der Waals surface area contributed by atoms with Gasteiger partial charge in [0, 0.05) is 5.69 Å². The van der Waals surface area contributed by atoms with Crippen LogP contribution < -0.4 is 0 Å². The summed E-state index contributed by atoms with van der Waals surface area (Å²) in [5, 5.41) is 6.57. The maximum Gasteiger partial charge on any atom is 0.149 e. The normalized spacial score (nSPS) is 9.00. The molecule has 0 amide bonds. The first-order valence-electron chi connectivity index (χ1n) is 2.42. The minimum atomic E-state index is 0.632. The Morgan fingerprint density at radius 2 is 2.44 bits per heavy atom. The predicted octanol–water partition coefficient (Wildman–Crippen LogP) is 1.46. The molecule has 9 heavy (non-hydrogen) atoms. The number of hydrogen-bond donors (Lipinski definition) is 1. The number of aromatic amines is 1. The monoisotopic (exact) mass is 184 g/mol. The highest BCUT2D eigenvalue weighted by Crippen LogP contribution is 2.16. The van der Waals surface area contributed by atoms with E-state index in [9.17, 15) is 0 Å². The highest BCUT2D eigenvalue weighted by molar-refractivity contribution is 9.10. The lowest BCUT2D eigenvalue weighted by Gasteiger charge is -1.80. The van der Waals surface area contributed by atoms with Gasteiger partial charge in [-0.3, -0.25) is 5.10 Å². The van der Waals surface area contributed by atoms with Crippen molar-refractivity contribution in [2.75, 3.05) is 0 Å². The van der Waals surface area contributed by atoms with Crippen LogP contribution in [0.15, 0.2) is 4.47 Å². The molecule has 0 aromatic carbocycles. The molecule has 1 heterocycles. The second kappa shape index (κ2) is 2.24. The zero-order valence-electron chi connectivity index (χ0n) is 4.90. The average Bonchev–Trinajstić information content (AvgIpc) is 2.15. The maximum absolute atomic E-state index is 5.10. The zero-order valence-corrected chi connectivity index (χ0v) is 6.49. The summed E-state index contributed by atoms with van der Waals surface area (Å²) in [6.45, 7) is 1.90. The third-order valence-corrected chi connectivity index (χ3v) is 1.98. The maximum atomic E-state index is 5.10. The van der Waals surface area contributed by atoms with E-state index in [2.05, 4.69) is 32.0 Å². The molecule has 0 bridgehead atoms. The highest BCUT2D eigenvalue weighted by atomic mass is 79.9. The van der Waals surface area contributed by atoms with Crippen molar-refractivity contribution in [1.82, 2.24) is 10.2 Å². The van der Waals surface area contributed by atoms with Gasteiger partial charge in [0.15, 0.2) is 0 Å². The van der Waals surface area contributed by atoms with E-state index >= 15 is 0 Å². The van der Waals surface area contributed by atoms with Crippen molar-refractivity contribution in [2.24, 2.45) is 0 Å². The van der Waals surface area contributed by atoms with Crippen LogP contribution in [-0.4, -0.2) is 10.2 Å². The van der Waals surface area contributed by atoms with Crippen molar-refractivity contribution >= 4 is 15.9 Å². The fourth-order valence-electron chi connectivity index (χ4n) is 0.511. The summed E-state index contributed by atoms with van der Waals surface area (Å²) in [6, 6.07) is 0. The minimum absolute atomic E-state index is 0.632. The van der Waals surface area contributed by atoms with Gasteiger partial charge in [-0.25, -0.2) is 0 Å². The molecule has 0 saturated heterocycles. The van der Waals surface area contributed by atoms with E-state index in [1.165, 1.54) is 0 Å². The topological polar surface area (TPSA) is 28.7 Å². The Kier molecular flexibility index (Phi) is 1.58. The third kappa shape index (κ3) is 0.984.